The molecule has 6 nitrogen and oxygen atoms in total. The van der Waals surface area contributed by atoms with Gasteiger partial charge in [0.15, 0.2) is 0 Å². The predicted octanol–water partition coefficient (Wildman–Crippen LogP) is 4.46. The monoisotopic (exact) mass is 381 g/mol. The molecule has 0 spiro atoms. The smallest absolute Gasteiger partial charge is 0.284 e. The van der Waals surface area contributed by atoms with Gasteiger partial charge in [0.2, 0.25) is 0 Å². The van der Waals surface area contributed by atoms with Crippen LogP contribution >= 0.6 is 34.7 Å². The van der Waals surface area contributed by atoms with Crippen LogP contribution in [0.2, 0.25) is 5.02 Å². The molecule has 3 aromatic rings. The molecule has 1 N–H and O–H groups in total. The van der Waals surface area contributed by atoms with Crippen LogP contribution in [0.25, 0.3) is 10.2 Å². The van der Waals surface area contributed by atoms with Crippen LogP contribution in [0.15, 0.2) is 27.9 Å². The number of nitro groups is 1. The van der Waals surface area contributed by atoms with E-state index in [0.29, 0.717) is 31.7 Å². The topological polar surface area (TPSA) is 88.9 Å². The molecule has 0 aliphatic rings. The van der Waals surface area contributed by atoms with Crippen molar-refractivity contribution in [3.63, 3.8) is 0 Å². The molecule has 0 atom stereocenters. The van der Waals surface area contributed by atoms with Crippen LogP contribution in [0.1, 0.15) is 16.3 Å². The molecule has 2 aromatic heterocycles. The molecule has 0 saturated heterocycles. The van der Waals surface area contributed by atoms with Gasteiger partial charge in [-0.15, -0.1) is 23.1 Å². The Bertz CT molecular complexity index is 1010. The number of thiophene rings is 1. The lowest BCUT2D eigenvalue weighted by Crippen LogP contribution is -2.10. The van der Waals surface area contributed by atoms with Crippen molar-refractivity contribution >= 4 is 50.6 Å². The van der Waals surface area contributed by atoms with Crippen LogP contribution in [-0.2, 0) is 5.75 Å². The van der Waals surface area contributed by atoms with Crippen LogP contribution in [0.4, 0.5) is 5.69 Å². The Kier molecular flexibility index (Phi) is 4.62. The third kappa shape index (κ3) is 3.17. The second kappa shape index (κ2) is 6.54. The number of thioether (sulfide) groups is 1. The van der Waals surface area contributed by atoms with Crippen molar-refractivity contribution < 1.29 is 4.92 Å². The summed E-state index contributed by atoms with van der Waals surface area (Å²) in [5.41, 5.74) is 0.707. The summed E-state index contributed by atoms with van der Waals surface area (Å²) >= 11 is 8.52. The van der Waals surface area contributed by atoms with Crippen molar-refractivity contribution in [1.29, 1.82) is 0 Å². The van der Waals surface area contributed by atoms with Gasteiger partial charge in [-0.1, -0.05) is 11.6 Å². The molecule has 1 aromatic carbocycles. The lowest BCUT2D eigenvalue weighted by atomic mass is 10.2. The van der Waals surface area contributed by atoms with Crippen molar-refractivity contribution in [1.82, 2.24) is 9.97 Å². The summed E-state index contributed by atoms with van der Waals surface area (Å²) in [7, 11) is 0. The molecule has 2 heterocycles. The van der Waals surface area contributed by atoms with Gasteiger partial charge in [-0.2, -0.15) is 0 Å². The molecular weight excluding hydrogens is 370 g/mol. The van der Waals surface area contributed by atoms with E-state index in [1.807, 2.05) is 13.8 Å². The van der Waals surface area contributed by atoms with Crippen molar-refractivity contribution in [2.24, 2.45) is 0 Å². The highest BCUT2D eigenvalue weighted by atomic mass is 35.5. The van der Waals surface area contributed by atoms with Crippen LogP contribution in [-0.4, -0.2) is 14.9 Å². The first kappa shape index (κ1) is 16.9. The van der Waals surface area contributed by atoms with Crippen LogP contribution in [0.3, 0.4) is 0 Å². The molecule has 0 aliphatic carbocycles. The van der Waals surface area contributed by atoms with Crippen LogP contribution in [0, 0.1) is 24.0 Å². The summed E-state index contributed by atoms with van der Waals surface area (Å²) in [5, 5.41) is 12.0. The minimum absolute atomic E-state index is 0.0567. The average molecular weight is 382 g/mol. The number of nitro benzene ring substituents is 1. The van der Waals surface area contributed by atoms with Gasteiger partial charge >= 0.3 is 0 Å². The largest absolute Gasteiger partial charge is 0.309 e. The second-order valence-corrected chi connectivity index (χ2v) is 7.79. The third-order valence-electron chi connectivity index (χ3n) is 3.57. The number of hydrogen-bond donors (Lipinski definition) is 1. The molecule has 0 amide bonds. The molecule has 0 unspecified atom stereocenters. The number of H-pyrrole nitrogens is 1. The number of aromatic amines is 1. The van der Waals surface area contributed by atoms with Crippen LogP contribution < -0.4 is 5.56 Å². The number of hydrogen-bond acceptors (Lipinski definition) is 6. The maximum Gasteiger partial charge on any atom is 0.284 e. The highest BCUT2D eigenvalue weighted by Crippen LogP contribution is 2.33. The zero-order valence-electron chi connectivity index (χ0n) is 12.8. The first-order valence-electron chi connectivity index (χ1n) is 6.92. The number of benzene rings is 1. The summed E-state index contributed by atoms with van der Waals surface area (Å²) < 4.78 is 0. The van der Waals surface area contributed by atoms with E-state index in [4.69, 9.17) is 11.6 Å². The Morgan fingerprint density at radius 2 is 2.17 bits per heavy atom. The predicted molar refractivity (Wildman–Crippen MR) is 97.4 cm³/mol. The molecule has 0 fully saturated rings. The van der Waals surface area contributed by atoms with Gasteiger partial charge in [0.05, 0.1) is 21.0 Å². The second-order valence-electron chi connectivity index (χ2n) is 5.13. The SMILES string of the molecule is Cc1sc2nc(CSc3ccc(Cl)cc3[N+](=O)[O-])[nH]c(=O)c2c1C. The first-order chi connectivity index (χ1) is 11.4. The van der Waals surface area contributed by atoms with Crippen molar-refractivity contribution in [3.05, 3.63) is 60.0 Å². The molecular formula is C15H12ClN3O3S2. The Labute approximate surface area is 150 Å². The van der Waals surface area contributed by atoms with Crippen molar-refractivity contribution in [3.8, 4) is 0 Å². The van der Waals surface area contributed by atoms with Gasteiger partial charge in [0.25, 0.3) is 11.2 Å². The molecule has 0 bridgehead atoms. The molecule has 9 heteroatoms. The Balaban J connectivity index is 1.92. The van der Waals surface area contributed by atoms with E-state index in [9.17, 15) is 14.9 Å². The lowest BCUT2D eigenvalue weighted by Gasteiger charge is -2.04. The van der Waals surface area contributed by atoms with Gasteiger partial charge in [0.1, 0.15) is 10.7 Å². The minimum atomic E-state index is -0.473. The maximum atomic E-state index is 12.2. The van der Waals surface area contributed by atoms with Gasteiger partial charge in [-0.05, 0) is 31.5 Å². The van der Waals surface area contributed by atoms with E-state index in [2.05, 4.69) is 9.97 Å². The van der Waals surface area contributed by atoms with E-state index < -0.39 is 4.92 Å². The number of fused-ring (bicyclic) bond motifs is 1. The number of rotatable bonds is 4. The average Bonchev–Trinajstić information content (AvgIpc) is 2.81. The number of nitrogens with one attached hydrogen (secondary N) is 1. The Morgan fingerprint density at radius 3 is 2.88 bits per heavy atom. The fraction of sp³-hybridized carbons (Fsp3) is 0.200. The van der Waals surface area contributed by atoms with E-state index in [0.717, 1.165) is 10.4 Å². The highest BCUT2D eigenvalue weighted by Gasteiger charge is 2.16. The third-order valence-corrected chi connectivity index (χ3v) is 5.98. The quantitative estimate of drug-likeness (QED) is 0.409. The van der Waals surface area contributed by atoms with Crippen molar-refractivity contribution in [2.45, 2.75) is 24.5 Å². The first-order valence-corrected chi connectivity index (χ1v) is 9.10. The van der Waals surface area contributed by atoms with Gasteiger partial charge in [0, 0.05) is 16.0 Å². The number of halogens is 1. The summed E-state index contributed by atoms with van der Waals surface area (Å²) in [5.74, 6) is 0.812. The molecule has 0 radical (unpaired) electrons. The Morgan fingerprint density at radius 1 is 1.42 bits per heavy atom. The minimum Gasteiger partial charge on any atom is -0.309 e. The van der Waals surface area contributed by atoms with Gasteiger partial charge in [-0.3, -0.25) is 14.9 Å². The van der Waals surface area contributed by atoms with Crippen LogP contribution in [0.5, 0.6) is 0 Å². The summed E-state index contributed by atoms with van der Waals surface area (Å²) in [6, 6.07) is 4.51. The Hall–Kier alpha value is -1.90. The summed E-state index contributed by atoms with van der Waals surface area (Å²) in [6.07, 6.45) is 0. The molecule has 24 heavy (non-hydrogen) atoms. The highest BCUT2D eigenvalue weighted by molar-refractivity contribution is 7.98. The molecule has 0 aliphatic heterocycles. The standard InChI is InChI=1S/C15H12ClN3O3S2/c1-7-8(2)24-15-13(7)14(20)17-12(18-15)6-23-11-4-3-9(16)5-10(11)19(21)22/h3-5H,6H2,1-2H3,(H,17,18,20). The number of aromatic nitrogens is 2. The summed E-state index contributed by atoms with van der Waals surface area (Å²) in [4.78, 5) is 32.3. The zero-order valence-corrected chi connectivity index (χ0v) is 15.1. The normalized spacial score (nSPS) is 11.1. The number of aryl methyl sites for hydroxylation is 2. The lowest BCUT2D eigenvalue weighted by molar-refractivity contribution is -0.387. The van der Waals surface area contributed by atoms with E-state index >= 15 is 0 Å². The zero-order chi connectivity index (χ0) is 17.4. The summed E-state index contributed by atoms with van der Waals surface area (Å²) in [6.45, 7) is 3.85. The fourth-order valence-corrected chi connectivity index (χ4v) is 4.36. The molecule has 124 valence electrons. The van der Waals surface area contributed by atoms with Gasteiger partial charge < -0.3 is 4.98 Å². The maximum absolute atomic E-state index is 12.2. The van der Waals surface area contributed by atoms with E-state index in [-0.39, 0.29) is 11.2 Å². The molecule has 3 rings (SSSR count). The van der Waals surface area contributed by atoms with Gasteiger partial charge in [-0.25, -0.2) is 4.98 Å². The fourth-order valence-electron chi connectivity index (χ4n) is 2.27. The van der Waals surface area contributed by atoms with E-state index in [1.54, 1.807) is 12.1 Å². The number of nitrogens with zero attached hydrogens (tertiary/aromatic N) is 2. The molecule has 0 saturated carbocycles. The van der Waals surface area contributed by atoms with Crippen molar-refractivity contribution in [2.75, 3.05) is 0 Å². The van der Waals surface area contributed by atoms with E-state index in [1.165, 1.54) is 29.2 Å².